The van der Waals surface area contributed by atoms with Crippen molar-refractivity contribution in [1.82, 2.24) is 9.55 Å². The van der Waals surface area contributed by atoms with Crippen molar-refractivity contribution in [3.05, 3.63) is 42.5 Å². The number of rotatable bonds is 2. The Labute approximate surface area is 107 Å². The van der Waals surface area contributed by atoms with Crippen LogP contribution in [0.25, 0.3) is 5.69 Å². The van der Waals surface area contributed by atoms with E-state index in [1.165, 1.54) is 24.3 Å². The molecular weight excluding hydrogens is 281 g/mol. The zero-order valence-corrected chi connectivity index (χ0v) is 10.5. The highest BCUT2D eigenvalue weighted by atomic mass is 32.2. The Morgan fingerprint density at radius 2 is 1.74 bits per heavy atom. The Morgan fingerprint density at radius 3 is 2.21 bits per heavy atom. The molecule has 0 radical (unpaired) electrons. The van der Waals surface area contributed by atoms with E-state index in [4.69, 9.17) is 0 Å². The minimum atomic E-state index is -4.57. The number of imidazole rings is 1. The van der Waals surface area contributed by atoms with Crippen molar-refractivity contribution in [2.45, 2.75) is 11.1 Å². The van der Waals surface area contributed by atoms with E-state index in [0.717, 1.165) is 23.2 Å². The van der Waals surface area contributed by atoms with Crippen molar-refractivity contribution >= 4 is 9.84 Å². The monoisotopic (exact) mass is 290 g/mol. The van der Waals surface area contributed by atoms with E-state index in [2.05, 4.69) is 4.98 Å². The van der Waals surface area contributed by atoms with E-state index in [0.29, 0.717) is 0 Å². The molecule has 8 heteroatoms. The summed E-state index contributed by atoms with van der Waals surface area (Å²) in [5.41, 5.74) is 0.192. The van der Waals surface area contributed by atoms with Gasteiger partial charge in [0.1, 0.15) is 0 Å². The van der Waals surface area contributed by atoms with Crippen LogP contribution in [0.5, 0.6) is 0 Å². The lowest BCUT2D eigenvalue weighted by atomic mass is 10.3. The smallest absolute Gasteiger partial charge is 0.296 e. The maximum atomic E-state index is 12.7. The van der Waals surface area contributed by atoms with Gasteiger partial charge in [0, 0.05) is 24.3 Å². The Balaban J connectivity index is 2.47. The van der Waals surface area contributed by atoms with Gasteiger partial charge in [-0.15, -0.1) is 0 Å². The second-order valence-corrected chi connectivity index (χ2v) is 5.90. The summed E-state index contributed by atoms with van der Waals surface area (Å²) >= 11 is 0. The van der Waals surface area contributed by atoms with Crippen LogP contribution in [0, 0.1) is 0 Å². The van der Waals surface area contributed by atoms with Crippen LogP contribution < -0.4 is 0 Å². The normalized spacial score (nSPS) is 12.6. The van der Waals surface area contributed by atoms with Crippen LogP contribution >= 0.6 is 0 Å². The summed E-state index contributed by atoms with van der Waals surface area (Å²) in [5, 5.41) is 0. The summed E-state index contributed by atoms with van der Waals surface area (Å²) in [7, 11) is -3.37. The van der Waals surface area contributed by atoms with Gasteiger partial charge in [-0.05, 0) is 24.3 Å². The minimum absolute atomic E-state index is 0.0462. The molecule has 2 rings (SSSR count). The Hall–Kier alpha value is -1.83. The van der Waals surface area contributed by atoms with Gasteiger partial charge in [-0.3, -0.25) is 4.57 Å². The lowest BCUT2D eigenvalue weighted by molar-refractivity contribution is -0.145. The summed E-state index contributed by atoms with van der Waals surface area (Å²) in [6, 6.07) is 5.11. The van der Waals surface area contributed by atoms with Gasteiger partial charge in [0.15, 0.2) is 9.84 Å². The minimum Gasteiger partial charge on any atom is -0.296 e. The van der Waals surface area contributed by atoms with Gasteiger partial charge >= 0.3 is 6.18 Å². The van der Waals surface area contributed by atoms with Crippen LogP contribution in [-0.2, 0) is 16.0 Å². The van der Waals surface area contributed by atoms with Crippen molar-refractivity contribution in [1.29, 1.82) is 0 Å². The highest BCUT2D eigenvalue weighted by Gasteiger charge is 2.36. The lowest BCUT2D eigenvalue weighted by Crippen LogP contribution is -2.13. The second-order valence-electron chi connectivity index (χ2n) is 3.88. The lowest BCUT2D eigenvalue weighted by Gasteiger charge is -2.10. The number of benzene rings is 1. The molecule has 2 aromatic rings. The van der Waals surface area contributed by atoms with Gasteiger partial charge in [-0.1, -0.05) is 0 Å². The van der Waals surface area contributed by atoms with E-state index in [1.807, 2.05) is 0 Å². The highest BCUT2D eigenvalue weighted by Crippen LogP contribution is 2.29. The predicted octanol–water partition coefficient (Wildman–Crippen LogP) is 2.29. The fourth-order valence-corrected chi connectivity index (χ4v) is 2.21. The van der Waals surface area contributed by atoms with E-state index in [9.17, 15) is 21.6 Å². The average molecular weight is 290 g/mol. The number of hydrogen-bond donors (Lipinski definition) is 0. The van der Waals surface area contributed by atoms with E-state index in [1.54, 1.807) is 0 Å². The molecule has 1 aromatic heterocycles. The third-order valence-electron chi connectivity index (χ3n) is 2.44. The van der Waals surface area contributed by atoms with Crippen molar-refractivity contribution in [3.63, 3.8) is 0 Å². The molecule has 19 heavy (non-hydrogen) atoms. The molecule has 0 spiro atoms. The highest BCUT2D eigenvalue weighted by molar-refractivity contribution is 7.90. The average Bonchev–Trinajstić information content (AvgIpc) is 2.76. The van der Waals surface area contributed by atoms with Gasteiger partial charge in [-0.2, -0.15) is 13.2 Å². The standard InChI is InChI=1S/C11H9F3N2O2S/c1-19(17,18)9-4-2-8(3-5-9)16-7-6-15-10(16)11(12,13)14/h2-7H,1H3. The summed E-state index contributed by atoms with van der Waals surface area (Å²) in [4.78, 5) is 3.30. The van der Waals surface area contributed by atoms with Crippen LogP contribution in [0.2, 0.25) is 0 Å². The van der Waals surface area contributed by atoms with Gasteiger partial charge < -0.3 is 0 Å². The molecule has 0 aliphatic heterocycles. The molecule has 1 aromatic carbocycles. The molecule has 0 unspecified atom stereocenters. The SMILES string of the molecule is CS(=O)(=O)c1ccc(-n2ccnc2C(F)(F)F)cc1. The number of aromatic nitrogens is 2. The molecule has 0 aliphatic rings. The third-order valence-corrected chi connectivity index (χ3v) is 3.57. The van der Waals surface area contributed by atoms with E-state index in [-0.39, 0.29) is 10.6 Å². The van der Waals surface area contributed by atoms with Gasteiger partial charge in [-0.25, -0.2) is 13.4 Å². The molecular formula is C11H9F3N2O2S. The molecule has 0 bridgehead atoms. The molecule has 102 valence electrons. The van der Waals surface area contributed by atoms with Crippen LogP contribution in [-0.4, -0.2) is 24.2 Å². The molecule has 0 aliphatic carbocycles. The van der Waals surface area contributed by atoms with Crippen molar-refractivity contribution in [2.75, 3.05) is 6.26 Å². The fraction of sp³-hybridized carbons (Fsp3) is 0.182. The molecule has 0 saturated carbocycles. The van der Waals surface area contributed by atoms with Crippen LogP contribution in [0.4, 0.5) is 13.2 Å². The van der Waals surface area contributed by atoms with E-state index >= 15 is 0 Å². The fourth-order valence-electron chi connectivity index (χ4n) is 1.58. The van der Waals surface area contributed by atoms with Crippen molar-refractivity contribution in [3.8, 4) is 5.69 Å². The number of alkyl halides is 3. The molecule has 0 amide bonds. The predicted molar refractivity (Wildman–Crippen MR) is 61.7 cm³/mol. The zero-order chi connectivity index (χ0) is 14.3. The Bertz CT molecular complexity index is 687. The molecule has 0 atom stereocenters. The van der Waals surface area contributed by atoms with Gasteiger partial charge in [0.2, 0.25) is 5.82 Å². The largest absolute Gasteiger partial charge is 0.450 e. The van der Waals surface area contributed by atoms with Gasteiger partial charge in [0.05, 0.1) is 4.90 Å². The first kappa shape index (κ1) is 13.6. The maximum Gasteiger partial charge on any atom is 0.450 e. The van der Waals surface area contributed by atoms with E-state index < -0.39 is 21.8 Å². The quantitative estimate of drug-likeness (QED) is 0.852. The summed E-state index contributed by atoms with van der Waals surface area (Å²) < 4.78 is 61.3. The summed E-state index contributed by atoms with van der Waals surface area (Å²) in [6.45, 7) is 0. The summed E-state index contributed by atoms with van der Waals surface area (Å²) in [6.07, 6.45) is -1.34. The molecule has 4 nitrogen and oxygen atoms in total. The third kappa shape index (κ3) is 2.78. The summed E-state index contributed by atoms with van der Waals surface area (Å²) in [5.74, 6) is -1.06. The van der Waals surface area contributed by atoms with Crippen LogP contribution in [0.1, 0.15) is 5.82 Å². The topological polar surface area (TPSA) is 52.0 Å². The van der Waals surface area contributed by atoms with Crippen LogP contribution in [0.15, 0.2) is 41.6 Å². The Morgan fingerprint density at radius 1 is 1.16 bits per heavy atom. The first-order valence-corrected chi connectivity index (χ1v) is 7.00. The molecule has 0 saturated heterocycles. The van der Waals surface area contributed by atoms with Crippen molar-refractivity contribution in [2.24, 2.45) is 0 Å². The number of hydrogen-bond acceptors (Lipinski definition) is 3. The zero-order valence-electron chi connectivity index (χ0n) is 9.72. The molecule has 0 N–H and O–H groups in total. The first-order valence-electron chi connectivity index (χ1n) is 5.10. The maximum absolute atomic E-state index is 12.7. The number of sulfone groups is 1. The second kappa shape index (κ2) is 4.37. The first-order chi connectivity index (χ1) is 8.69. The van der Waals surface area contributed by atoms with Crippen LogP contribution in [0.3, 0.4) is 0 Å². The molecule has 1 heterocycles. The molecule has 0 fully saturated rings. The van der Waals surface area contributed by atoms with Crippen molar-refractivity contribution < 1.29 is 21.6 Å². The number of nitrogens with zero attached hydrogens (tertiary/aromatic N) is 2. The number of halogens is 3. The Kier molecular flexibility index (Phi) is 3.13. The van der Waals surface area contributed by atoms with Gasteiger partial charge in [0.25, 0.3) is 0 Å².